The fourth-order valence-corrected chi connectivity index (χ4v) is 0.654. The summed E-state index contributed by atoms with van der Waals surface area (Å²) in [4.78, 5) is 0. The number of methoxy groups -OCH3 is 1. The number of hydrogen-bond acceptors (Lipinski definition) is 2. The predicted octanol–water partition coefficient (Wildman–Crippen LogP) is 1.71. The van der Waals surface area contributed by atoms with Crippen molar-refractivity contribution in [3.63, 3.8) is 0 Å². The molecule has 1 rings (SSSR count). The molecule has 0 saturated carbocycles. The Morgan fingerprint density at radius 3 is 3.18 bits per heavy atom. The van der Waals surface area contributed by atoms with E-state index in [1.807, 2.05) is 0 Å². The lowest BCUT2D eigenvalue weighted by Gasteiger charge is -1.98. The summed E-state index contributed by atoms with van der Waals surface area (Å²) in [6, 6.07) is 4.77. The van der Waals surface area contributed by atoms with E-state index in [2.05, 4.69) is 4.74 Å². The van der Waals surface area contributed by atoms with Gasteiger partial charge in [0.2, 0.25) is 0 Å². The second kappa shape index (κ2) is 3.02. The first-order chi connectivity index (χ1) is 6.42. The predicted molar refractivity (Wildman–Crippen MR) is 37.7 cm³/mol. The fraction of sp³-hybridized carbons (Fsp3) is 0.125. The first-order valence-corrected chi connectivity index (χ1v) is 2.81. The molecule has 2 nitrogen and oxygen atoms in total. The van der Waals surface area contributed by atoms with Crippen LogP contribution in [0.1, 0.15) is 9.68 Å². The fourth-order valence-electron chi connectivity index (χ4n) is 0.654. The second-order valence-corrected chi connectivity index (χ2v) is 1.86. The SMILES string of the molecule is [2H]C([2H])([2H])Oc1ccc(F)c(C#N)c1. The summed E-state index contributed by atoms with van der Waals surface area (Å²) in [5, 5.41) is 8.46. The van der Waals surface area contributed by atoms with Crippen molar-refractivity contribution in [2.45, 2.75) is 0 Å². The van der Waals surface area contributed by atoms with Gasteiger partial charge in [0.25, 0.3) is 0 Å². The van der Waals surface area contributed by atoms with Crippen LogP contribution in [0.3, 0.4) is 0 Å². The smallest absolute Gasteiger partial charge is 0.141 e. The van der Waals surface area contributed by atoms with Crippen LogP contribution >= 0.6 is 0 Å². The molecule has 0 bridgehead atoms. The highest BCUT2D eigenvalue weighted by Gasteiger charge is 2.01. The van der Waals surface area contributed by atoms with Gasteiger partial charge in [-0.1, -0.05) is 0 Å². The highest BCUT2D eigenvalue weighted by Crippen LogP contribution is 2.14. The normalized spacial score (nSPS) is 14.0. The molecule has 56 valence electrons. The van der Waals surface area contributed by atoms with Crippen LogP contribution in [0.2, 0.25) is 0 Å². The third kappa shape index (κ3) is 1.47. The molecule has 0 fully saturated rings. The zero-order valence-electron chi connectivity index (χ0n) is 8.47. The quantitative estimate of drug-likeness (QED) is 0.616. The van der Waals surface area contributed by atoms with Gasteiger partial charge >= 0.3 is 0 Å². The minimum Gasteiger partial charge on any atom is -0.497 e. The van der Waals surface area contributed by atoms with Crippen LogP contribution in [-0.4, -0.2) is 7.04 Å². The molecule has 0 radical (unpaired) electrons. The summed E-state index contributed by atoms with van der Waals surface area (Å²) in [5.41, 5.74) is -0.244. The molecule has 1 aromatic rings. The Labute approximate surface area is 68.0 Å². The lowest BCUT2D eigenvalue weighted by Crippen LogP contribution is -1.86. The minimum atomic E-state index is -2.59. The summed E-state index contributed by atoms with van der Waals surface area (Å²) in [7, 11) is -2.59. The van der Waals surface area contributed by atoms with Gasteiger partial charge in [0.15, 0.2) is 0 Å². The van der Waals surface area contributed by atoms with E-state index in [1.165, 1.54) is 0 Å². The van der Waals surface area contributed by atoms with Crippen LogP contribution < -0.4 is 4.74 Å². The Morgan fingerprint density at radius 2 is 2.55 bits per heavy atom. The molecule has 0 aliphatic rings. The van der Waals surface area contributed by atoms with E-state index in [-0.39, 0.29) is 11.3 Å². The summed E-state index contributed by atoms with van der Waals surface area (Å²) >= 11 is 0. The molecule has 0 spiro atoms. The number of benzene rings is 1. The molecular weight excluding hydrogens is 145 g/mol. The molecule has 0 aromatic heterocycles. The largest absolute Gasteiger partial charge is 0.497 e. The lowest BCUT2D eigenvalue weighted by atomic mass is 10.2. The average Bonchev–Trinajstić information content (AvgIpc) is 2.06. The average molecular weight is 154 g/mol. The van der Waals surface area contributed by atoms with Crippen LogP contribution in [-0.2, 0) is 0 Å². The van der Waals surface area contributed by atoms with Gasteiger partial charge in [-0.25, -0.2) is 4.39 Å². The number of nitriles is 1. The van der Waals surface area contributed by atoms with E-state index in [1.54, 1.807) is 6.07 Å². The van der Waals surface area contributed by atoms with Gasteiger partial charge in [0, 0.05) is 6.07 Å². The Hall–Kier alpha value is -1.56. The maximum atomic E-state index is 12.8. The van der Waals surface area contributed by atoms with Crippen molar-refractivity contribution in [3.8, 4) is 11.8 Å². The van der Waals surface area contributed by atoms with E-state index in [4.69, 9.17) is 9.37 Å². The molecule has 0 amide bonds. The van der Waals surface area contributed by atoms with Gasteiger partial charge in [0.1, 0.15) is 17.6 Å². The number of rotatable bonds is 1. The molecule has 0 aliphatic carbocycles. The van der Waals surface area contributed by atoms with Crippen LogP contribution in [0.25, 0.3) is 0 Å². The van der Waals surface area contributed by atoms with Crippen LogP contribution in [0.5, 0.6) is 5.75 Å². The number of halogens is 1. The Kier molecular flexibility index (Phi) is 1.19. The van der Waals surface area contributed by atoms with E-state index < -0.39 is 12.9 Å². The molecule has 3 heteroatoms. The minimum absolute atomic E-state index is 0.0528. The van der Waals surface area contributed by atoms with Gasteiger partial charge in [-0.05, 0) is 12.1 Å². The topological polar surface area (TPSA) is 33.0 Å². The molecule has 0 atom stereocenters. The Morgan fingerprint density at radius 1 is 1.73 bits per heavy atom. The van der Waals surface area contributed by atoms with Crippen LogP contribution in [0, 0.1) is 17.1 Å². The number of hydrogen-bond donors (Lipinski definition) is 0. The van der Waals surface area contributed by atoms with Crippen LogP contribution in [0.4, 0.5) is 4.39 Å². The number of nitrogens with zero attached hydrogens (tertiary/aromatic N) is 1. The van der Waals surface area contributed by atoms with E-state index in [9.17, 15) is 4.39 Å². The zero-order valence-corrected chi connectivity index (χ0v) is 5.47. The van der Waals surface area contributed by atoms with Crippen molar-refractivity contribution in [2.24, 2.45) is 0 Å². The maximum absolute atomic E-state index is 12.8. The van der Waals surface area contributed by atoms with Crippen molar-refractivity contribution in [1.82, 2.24) is 0 Å². The molecule has 0 unspecified atom stereocenters. The molecule has 0 heterocycles. The summed E-state index contributed by atoms with van der Waals surface area (Å²) in [6.07, 6.45) is 0. The second-order valence-electron chi connectivity index (χ2n) is 1.86. The lowest BCUT2D eigenvalue weighted by molar-refractivity contribution is 0.413. The summed E-state index contributed by atoms with van der Waals surface area (Å²) in [5.74, 6) is -0.756. The summed E-state index contributed by atoms with van der Waals surface area (Å²) < 4.78 is 37.6. The molecule has 1 aromatic carbocycles. The first-order valence-electron chi connectivity index (χ1n) is 4.31. The molecule has 0 N–H and O–H groups in total. The van der Waals surface area contributed by atoms with Crippen molar-refractivity contribution in [2.75, 3.05) is 7.04 Å². The van der Waals surface area contributed by atoms with E-state index in [0.29, 0.717) is 0 Å². The van der Waals surface area contributed by atoms with Gasteiger partial charge < -0.3 is 4.74 Å². The van der Waals surface area contributed by atoms with Gasteiger partial charge in [-0.3, -0.25) is 0 Å². The molecule has 0 saturated heterocycles. The zero-order chi connectivity index (χ0) is 10.8. The maximum Gasteiger partial charge on any atom is 0.141 e. The summed E-state index contributed by atoms with van der Waals surface area (Å²) in [6.45, 7) is 0. The standard InChI is InChI=1S/C8H6FNO/c1-11-7-2-3-8(9)6(4-7)5-10/h2-4H,1H3/i1D3. The van der Waals surface area contributed by atoms with E-state index in [0.717, 1.165) is 18.2 Å². The third-order valence-corrected chi connectivity index (χ3v) is 1.18. The monoisotopic (exact) mass is 154 g/mol. The molecule has 11 heavy (non-hydrogen) atoms. The number of ether oxygens (including phenoxy) is 1. The van der Waals surface area contributed by atoms with Gasteiger partial charge in [-0.15, -0.1) is 0 Å². The molecule has 0 aliphatic heterocycles. The molecular formula is C8H6FNO. The third-order valence-electron chi connectivity index (χ3n) is 1.18. The van der Waals surface area contributed by atoms with Crippen molar-refractivity contribution in [1.29, 1.82) is 5.26 Å². The van der Waals surface area contributed by atoms with Crippen molar-refractivity contribution < 1.29 is 13.2 Å². The highest BCUT2D eigenvalue weighted by atomic mass is 19.1. The Balaban J connectivity index is 2.97. The van der Waals surface area contributed by atoms with Crippen LogP contribution in [0.15, 0.2) is 18.2 Å². The van der Waals surface area contributed by atoms with Crippen molar-refractivity contribution >= 4 is 0 Å². The highest BCUT2D eigenvalue weighted by molar-refractivity contribution is 5.37. The van der Waals surface area contributed by atoms with Gasteiger partial charge in [-0.2, -0.15) is 5.26 Å². The Bertz CT molecular complexity index is 383. The van der Waals surface area contributed by atoms with Crippen molar-refractivity contribution in [3.05, 3.63) is 29.6 Å². The van der Waals surface area contributed by atoms with Gasteiger partial charge in [0.05, 0.1) is 16.7 Å². The van der Waals surface area contributed by atoms with E-state index >= 15 is 0 Å². The first kappa shape index (κ1) is 4.35.